The Bertz CT molecular complexity index is 826. The molecular weight excluding hydrogens is 359 g/mol. The minimum atomic E-state index is -0.466. The van der Waals surface area contributed by atoms with Crippen molar-refractivity contribution in [3.63, 3.8) is 0 Å². The third-order valence-electron chi connectivity index (χ3n) is 4.29. The van der Waals surface area contributed by atoms with Crippen molar-refractivity contribution in [3.8, 4) is 5.75 Å². The van der Waals surface area contributed by atoms with Gasteiger partial charge in [0.05, 0.1) is 18.7 Å². The number of benzene rings is 2. The molecule has 1 aliphatic rings. The number of anilines is 1. The smallest absolute Gasteiger partial charge is 0.229 e. The van der Waals surface area contributed by atoms with Gasteiger partial charge in [-0.05, 0) is 35.9 Å². The van der Waals surface area contributed by atoms with Gasteiger partial charge in [-0.15, -0.1) is 0 Å². The number of amides is 2. The van der Waals surface area contributed by atoms with Crippen LogP contribution < -0.4 is 10.1 Å². The summed E-state index contributed by atoms with van der Waals surface area (Å²) in [5.74, 6) is -0.663. The SMILES string of the molecule is COc1ccc(Cl)cc1NC(=O)C1CC(=O)N(Cc2ccc(F)cc2)C1. The van der Waals surface area contributed by atoms with Crippen molar-refractivity contribution in [3.05, 3.63) is 58.9 Å². The van der Waals surface area contributed by atoms with Gasteiger partial charge in [0.15, 0.2) is 0 Å². The number of hydrogen-bond donors (Lipinski definition) is 1. The highest BCUT2D eigenvalue weighted by Crippen LogP contribution is 2.29. The average molecular weight is 377 g/mol. The van der Waals surface area contributed by atoms with Gasteiger partial charge in [-0.2, -0.15) is 0 Å². The first-order valence-electron chi connectivity index (χ1n) is 8.13. The van der Waals surface area contributed by atoms with Crippen molar-refractivity contribution < 1.29 is 18.7 Å². The Kier molecular flexibility index (Phi) is 5.42. The first-order valence-corrected chi connectivity index (χ1v) is 8.50. The van der Waals surface area contributed by atoms with E-state index in [0.29, 0.717) is 29.5 Å². The molecule has 5 nitrogen and oxygen atoms in total. The number of methoxy groups -OCH3 is 1. The third-order valence-corrected chi connectivity index (χ3v) is 4.53. The van der Waals surface area contributed by atoms with E-state index in [0.717, 1.165) is 5.56 Å². The lowest BCUT2D eigenvalue weighted by Crippen LogP contribution is -2.28. The van der Waals surface area contributed by atoms with Crippen LogP contribution in [0.15, 0.2) is 42.5 Å². The van der Waals surface area contributed by atoms with Gasteiger partial charge < -0.3 is 15.0 Å². The molecular formula is C19H18ClFN2O3. The highest BCUT2D eigenvalue weighted by Gasteiger charge is 2.34. The van der Waals surface area contributed by atoms with Crippen molar-refractivity contribution in [2.75, 3.05) is 19.0 Å². The van der Waals surface area contributed by atoms with Gasteiger partial charge >= 0.3 is 0 Å². The van der Waals surface area contributed by atoms with Crippen molar-refractivity contribution in [1.29, 1.82) is 0 Å². The summed E-state index contributed by atoms with van der Waals surface area (Å²) >= 11 is 5.97. The highest BCUT2D eigenvalue weighted by atomic mass is 35.5. The predicted molar refractivity (Wildman–Crippen MR) is 96.6 cm³/mol. The van der Waals surface area contributed by atoms with Gasteiger partial charge in [-0.25, -0.2) is 4.39 Å². The predicted octanol–water partition coefficient (Wildman–Crippen LogP) is 3.47. The van der Waals surface area contributed by atoms with E-state index < -0.39 is 5.92 Å². The number of halogens is 2. The molecule has 3 rings (SSSR count). The maximum absolute atomic E-state index is 13.0. The topological polar surface area (TPSA) is 58.6 Å². The van der Waals surface area contributed by atoms with Gasteiger partial charge in [0.1, 0.15) is 11.6 Å². The van der Waals surface area contributed by atoms with Gasteiger partial charge in [-0.3, -0.25) is 9.59 Å². The molecule has 2 aromatic rings. The van der Waals surface area contributed by atoms with E-state index in [4.69, 9.17) is 16.3 Å². The summed E-state index contributed by atoms with van der Waals surface area (Å²) in [6, 6.07) is 10.9. The van der Waals surface area contributed by atoms with Crippen molar-refractivity contribution in [2.45, 2.75) is 13.0 Å². The summed E-state index contributed by atoms with van der Waals surface area (Å²) in [6.45, 7) is 0.661. The zero-order chi connectivity index (χ0) is 18.7. The maximum atomic E-state index is 13.0. The van der Waals surface area contributed by atoms with Crippen LogP contribution in [0.4, 0.5) is 10.1 Å². The lowest BCUT2D eigenvalue weighted by molar-refractivity contribution is -0.128. The largest absolute Gasteiger partial charge is 0.495 e. The van der Waals surface area contributed by atoms with E-state index in [1.165, 1.54) is 19.2 Å². The van der Waals surface area contributed by atoms with Gasteiger partial charge in [-0.1, -0.05) is 23.7 Å². The molecule has 0 spiro atoms. The number of rotatable bonds is 5. The van der Waals surface area contributed by atoms with E-state index in [-0.39, 0.29) is 24.1 Å². The molecule has 1 atom stereocenters. The van der Waals surface area contributed by atoms with Crippen LogP contribution in [0, 0.1) is 11.7 Å². The number of hydrogen-bond acceptors (Lipinski definition) is 3. The van der Waals surface area contributed by atoms with Crippen LogP contribution in [-0.2, 0) is 16.1 Å². The summed E-state index contributed by atoms with van der Waals surface area (Å²) in [6.07, 6.45) is 0.135. The van der Waals surface area contributed by atoms with E-state index in [2.05, 4.69) is 5.32 Å². The molecule has 2 aromatic carbocycles. The summed E-state index contributed by atoms with van der Waals surface area (Å²) < 4.78 is 18.2. The molecule has 7 heteroatoms. The van der Waals surface area contributed by atoms with Crippen molar-refractivity contribution in [1.82, 2.24) is 4.90 Å². The molecule has 1 N–H and O–H groups in total. The van der Waals surface area contributed by atoms with Crippen LogP contribution in [0.5, 0.6) is 5.75 Å². The zero-order valence-electron chi connectivity index (χ0n) is 14.2. The van der Waals surface area contributed by atoms with Crippen LogP contribution in [0.25, 0.3) is 0 Å². The van der Waals surface area contributed by atoms with Crippen molar-refractivity contribution in [2.24, 2.45) is 5.92 Å². The molecule has 26 heavy (non-hydrogen) atoms. The Hall–Kier alpha value is -2.60. The fourth-order valence-electron chi connectivity index (χ4n) is 2.92. The molecule has 1 aliphatic heterocycles. The van der Waals surface area contributed by atoms with E-state index >= 15 is 0 Å². The zero-order valence-corrected chi connectivity index (χ0v) is 14.9. The Balaban J connectivity index is 1.65. The summed E-state index contributed by atoms with van der Waals surface area (Å²) in [7, 11) is 1.50. The molecule has 0 bridgehead atoms. The van der Waals surface area contributed by atoms with E-state index in [1.807, 2.05) is 0 Å². The van der Waals surface area contributed by atoms with Crippen LogP contribution >= 0.6 is 11.6 Å². The Morgan fingerprint density at radius 3 is 2.73 bits per heavy atom. The van der Waals surface area contributed by atoms with Gasteiger partial charge in [0.2, 0.25) is 11.8 Å². The Morgan fingerprint density at radius 1 is 1.31 bits per heavy atom. The average Bonchev–Trinajstić information content (AvgIpc) is 2.98. The molecule has 0 aromatic heterocycles. The molecule has 0 aliphatic carbocycles. The minimum absolute atomic E-state index is 0.104. The molecule has 0 radical (unpaired) electrons. The second-order valence-electron chi connectivity index (χ2n) is 6.14. The number of likely N-dealkylation sites (tertiary alicyclic amines) is 1. The van der Waals surface area contributed by atoms with Crippen LogP contribution in [0.1, 0.15) is 12.0 Å². The minimum Gasteiger partial charge on any atom is -0.495 e. The number of nitrogens with one attached hydrogen (secondary N) is 1. The Labute approximate surface area is 155 Å². The summed E-state index contributed by atoms with van der Waals surface area (Å²) in [5, 5.41) is 3.25. The number of carbonyl (C=O) groups is 2. The standard InChI is InChI=1S/C19H18ClFN2O3/c1-26-17-7-4-14(20)9-16(17)22-19(25)13-8-18(24)23(11-13)10-12-2-5-15(21)6-3-12/h2-7,9,13H,8,10-11H2,1H3,(H,22,25). The van der Waals surface area contributed by atoms with Gasteiger partial charge in [0, 0.05) is 24.5 Å². The molecule has 1 fully saturated rings. The second kappa shape index (κ2) is 7.74. The lowest BCUT2D eigenvalue weighted by Gasteiger charge is -2.17. The summed E-state index contributed by atoms with van der Waals surface area (Å²) in [5.41, 5.74) is 1.28. The molecule has 0 saturated carbocycles. The molecule has 2 amide bonds. The second-order valence-corrected chi connectivity index (χ2v) is 6.57. The van der Waals surface area contributed by atoms with E-state index in [1.54, 1.807) is 35.2 Å². The van der Waals surface area contributed by atoms with Crippen molar-refractivity contribution >= 4 is 29.1 Å². The maximum Gasteiger partial charge on any atom is 0.229 e. The highest BCUT2D eigenvalue weighted by molar-refractivity contribution is 6.31. The monoisotopic (exact) mass is 376 g/mol. The summed E-state index contributed by atoms with van der Waals surface area (Å²) in [4.78, 5) is 26.4. The van der Waals surface area contributed by atoms with Crippen LogP contribution in [-0.4, -0.2) is 30.4 Å². The fourth-order valence-corrected chi connectivity index (χ4v) is 3.10. The first kappa shape index (κ1) is 18.2. The third kappa shape index (κ3) is 4.14. The van der Waals surface area contributed by atoms with Gasteiger partial charge in [0.25, 0.3) is 0 Å². The molecule has 1 heterocycles. The normalized spacial score (nSPS) is 16.7. The number of ether oxygens (including phenoxy) is 1. The fraction of sp³-hybridized carbons (Fsp3) is 0.263. The lowest BCUT2D eigenvalue weighted by atomic mass is 10.1. The quantitative estimate of drug-likeness (QED) is 0.869. The molecule has 136 valence electrons. The molecule has 1 unspecified atom stereocenters. The van der Waals surface area contributed by atoms with E-state index in [9.17, 15) is 14.0 Å². The van der Waals surface area contributed by atoms with Crippen LogP contribution in [0.2, 0.25) is 5.02 Å². The molecule has 1 saturated heterocycles. The number of nitrogens with zero attached hydrogens (tertiary/aromatic N) is 1. The van der Waals surface area contributed by atoms with Crippen LogP contribution in [0.3, 0.4) is 0 Å². The Morgan fingerprint density at radius 2 is 2.04 bits per heavy atom. The number of carbonyl (C=O) groups excluding carboxylic acids is 2. The first-order chi connectivity index (χ1) is 12.5.